The van der Waals surface area contributed by atoms with E-state index in [0.717, 1.165) is 17.2 Å². The molecule has 0 aliphatic heterocycles. The fraction of sp³-hybridized carbons (Fsp3) is 0.0714. The summed E-state index contributed by atoms with van der Waals surface area (Å²) in [4.78, 5) is 27.5. The molecule has 2 heterocycles. The van der Waals surface area contributed by atoms with Crippen molar-refractivity contribution in [1.29, 1.82) is 0 Å². The first-order valence-corrected chi connectivity index (χ1v) is 6.10. The van der Waals surface area contributed by atoms with Gasteiger partial charge in [0.05, 0.1) is 12.8 Å². The van der Waals surface area contributed by atoms with Gasteiger partial charge in [-0.15, -0.1) is 0 Å². The summed E-state index contributed by atoms with van der Waals surface area (Å²) in [6.07, 6.45) is 0. The van der Waals surface area contributed by atoms with Gasteiger partial charge in [-0.1, -0.05) is 30.3 Å². The Morgan fingerprint density at radius 1 is 1.33 bits per heavy atom. The van der Waals surface area contributed by atoms with E-state index in [9.17, 15) is 14.7 Å². The molecule has 1 aromatic carbocycles. The summed E-state index contributed by atoms with van der Waals surface area (Å²) in [5.74, 6) is -1.62. The summed E-state index contributed by atoms with van der Waals surface area (Å²) in [7, 11) is 1.15. The van der Waals surface area contributed by atoms with E-state index < -0.39 is 23.0 Å². The lowest BCUT2D eigenvalue weighted by Gasteiger charge is -2.01. The van der Waals surface area contributed by atoms with Gasteiger partial charge in [0.1, 0.15) is 0 Å². The molecule has 0 atom stereocenters. The molecule has 21 heavy (non-hydrogen) atoms. The van der Waals surface area contributed by atoms with Crippen molar-refractivity contribution in [2.24, 2.45) is 0 Å². The second-order valence-electron chi connectivity index (χ2n) is 4.34. The van der Waals surface area contributed by atoms with Gasteiger partial charge in [-0.3, -0.25) is 9.89 Å². The van der Waals surface area contributed by atoms with Crippen LogP contribution in [0.1, 0.15) is 10.5 Å². The van der Waals surface area contributed by atoms with Gasteiger partial charge in [0.25, 0.3) is 0 Å². The summed E-state index contributed by atoms with van der Waals surface area (Å²) >= 11 is 0. The van der Waals surface area contributed by atoms with Crippen LogP contribution in [0, 0.1) is 0 Å². The van der Waals surface area contributed by atoms with Gasteiger partial charge in [-0.05, 0) is 5.56 Å². The number of nitrogens with one attached hydrogen (secondary N) is 1. The molecule has 0 unspecified atom stereocenters. The number of aromatic nitrogens is 3. The lowest BCUT2D eigenvalue weighted by molar-refractivity contribution is 0.0590. The van der Waals surface area contributed by atoms with E-state index in [1.54, 1.807) is 6.07 Å². The lowest BCUT2D eigenvalue weighted by Crippen LogP contribution is -2.19. The second kappa shape index (κ2) is 4.78. The van der Waals surface area contributed by atoms with E-state index in [2.05, 4.69) is 14.8 Å². The van der Waals surface area contributed by atoms with Crippen molar-refractivity contribution in [3.05, 3.63) is 52.4 Å². The Balaban J connectivity index is 2.25. The molecule has 2 aromatic heterocycles. The van der Waals surface area contributed by atoms with Gasteiger partial charge in [0.2, 0.25) is 5.75 Å². The number of hydrogen-bond donors (Lipinski definition) is 2. The van der Waals surface area contributed by atoms with Crippen LogP contribution in [0.2, 0.25) is 0 Å². The Kier molecular flexibility index (Phi) is 2.94. The van der Waals surface area contributed by atoms with Gasteiger partial charge >= 0.3 is 11.5 Å². The number of aromatic amines is 1. The van der Waals surface area contributed by atoms with Gasteiger partial charge in [0, 0.05) is 6.07 Å². The molecule has 0 aliphatic rings. The minimum absolute atomic E-state index is 0.219. The normalized spacial score (nSPS) is 10.7. The Morgan fingerprint density at radius 3 is 2.71 bits per heavy atom. The highest BCUT2D eigenvalue weighted by atomic mass is 16.5. The molecule has 0 saturated heterocycles. The van der Waals surface area contributed by atoms with Crippen LogP contribution in [0.15, 0.2) is 41.2 Å². The molecule has 0 radical (unpaired) electrons. The average molecular weight is 285 g/mol. The van der Waals surface area contributed by atoms with Crippen LogP contribution in [0.3, 0.4) is 0 Å². The smallest absolute Gasteiger partial charge is 0.360 e. The molecule has 2 N–H and O–H groups in total. The van der Waals surface area contributed by atoms with Crippen LogP contribution >= 0.6 is 0 Å². The molecular weight excluding hydrogens is 274 g/mol. The van der Waals surface area contributed by atoms with E-state index in [0.29, 0.717) is 5.69 Å². The highest BCUT2D eigenvalue weighted by Gasteiger charge is 2.20. The number of esters is 1. The van der Waals surface area contributed by atoms with Gasteiger partial charge in [-0.2, -0.15) is 4.52 Å². The summed E-state index contributed by atoms with van der Waals surface area (Å²) in [6.45, 7) is 0. The quantitative estimate of drug-likeness (QED) is 0.689. The number of fused-ring (bicyclic) bond motifs is 1. The van der Waals surface area contributed by atoms with Crippen molar-refractivity contribution in [3.8, 4) is 17.0 Å². The fourth-order valence-electron chi connectivity index (χ4n) is 2.02. The number of aromatic hydroxyl groups is 1. The molecule has 3 rings (SSSR count). The molecular formula is C14H11N3O4. The molecule has 0 fully saturated rings. The minimum Gasteiger partial charge on any atom is -0.501 e. The van der Waals surface area contributed by atoms with Crippen molar-refractivity contribution in [2.45, 2.75) is 0 Å². The van der Waals surface area contributed by atoms with Crippen molar-refractivity contribution < 1.29 is 14.6 Å². The maximum Gasteiger partial charge on any atom is 0.360 e. The van der Waals surface area contributed by atoms with Gasteiger partial charge in [-0.25, -0.2) is 9.78 Å². The van der Waals surface area contributed by atoms with Crippen molar-refractivity contribution in [3.63, 3.8) is 0 Å². The Labute approximate surface area is 118 Å². The van der Waals surface area contributed by atoms with E-state index in [4.69, 9.17) is 0 Å². The molecule has 3 aromatic rings. The number of hydrogen-bond acceptors (Lipinski definition) is 5. The SMILES string of the molecule is COC(=O)c1nc2cc(-c3ccccc3)[nH]n2c(=O)c1O. The van der Waals surface area contributed by atoms with Crippen LogP contribution in [-0.2, 0) is 4.74 Å². The van der Waals surface area contributed by atoms with E-state index in [-0.39, 0.29) is 5.65 Å². The fourth-order valence-corrected chi connectivity index (χ4v) is 2.02. The lowest BCUT2D eigenvalue weighted by atomic mass is 10.2. The summed E-state index contributed by atoms with van der Waals surface area (Å²) in [5.41, 5.74) is 0.545. The minimum atomic E-state index is -0.866. The number of H-pyrrole nitrogens is 1. The second-order valence-corrected chi connectivity index (χ2v) is 4.34. The summed E-state index contributed by atoms with van der Waals surface area (Å²) < 4.78 is 5.57. The van der Waals surface area contributed by atoms with Crippen LogP contribution in [0.4, 0.5) is 0 Å². The zero-order valence-electron chi connectivity index (χ0n) is 11.0. The molecule has 0 amide bonds. The number of benzene rings is 1. The van der Waals surface area contributed by atoms with Crippen LogP contribution < -0.4 is 5.56 Å². The first kappa shape index (κ1) is 12.9. The molecule has 7 heteroatoms. The molecule has 106 valence electrons. The molecule has 0 spiro atoms. The van der Waals surface area contributed by atoms with Crippen LogP contribution in [0.5, 0.6) is 5.75 Å². The highest BCUT2D eigenvalue weighted by molar-refractivity contribution is 5.90. The van der Waals surface area contributed by atoms with Gasteiger partial charge < -0.3 is 9.84 Å². The predicted molar refractivity (Wildman–Crippen MR) is 74.3 cm³/mol. The third kappa shape index (κ3) is 2.04. The van der Waals surface area contributed by atoms with Crippen molar-refractivity contribution >= 4 is 11.6 Å². The standard InChI is InChI=1S/C14H11N3O4/c1-21-14(20)11-12(18)13(19)17-10(15-11)7-9(16-17)8-5-3-2-4-6-8/h2-7,16,18H,1H3. The third-order valence-corrected chi connectivity index (χ3v) is 3.05. The van der Waals surface area contributed by atoms with E-state index >= 15 is 0 Å². The van der Waals surface area contributed by atoms with E-state index in [1.807, 2.05) is 30.3 Å². The Hall–Kier alpha value is -3.09. The maximum atomic E-state index is 12.0. The number of ether oxygens (including phenoxy) is 1. The monoisotopic (exact) mass is 285 g/mol. The molecule has 7 nitrogen and oxygen atoms in total. The molecule has 0 saturated carbocycles. The van der Waals surface area contributed by atoms with Crippen LogP contribution in [-0.4, -0.2) is 32.8 Å². The first-order chi connectivity index (χ1) is 10.1. The van der Waals surface area contributed by atoms with E-state index in [1.165, 1.54) is 0 Å². The maximum absolute atomic E-state index is 12.0. The Bertz CT molecular complexity index is 880. The molecule has 0 aliphatic carbocycles. The van der Waals surface area contributed by atoms with Crippen LogP contribution in [0.25, 0.3) is 16.9 Å². The highest BCUT2D eigenvalue weighted by Crippen LogP contribution is 2.19. The predicted octanol–water partition coefficient (Wildman–Crippen LogP) is 1.18. The summed E-state index contributed by atoms with van der Waals surface area (Å²) in [5, 5.41) is 12.6. The zero-order chi connectivity index (χ0) is 15.0. The number of carbonyl (C=O) groups excluding carboxylic acids is 1. The van der Waals surface area contributed by atoms with Gasteiger partial charge in [0.15, 0.2) is 11.3 Å². The summed E-state index contributed by atoms with van der Waals surface area (Å²) in [6, 6.07) is 10.9. The zero-order valence-corrected chi connectivity index (χ0v) is 11.0. The number of carbonyl (C=O) groups is 1. The van der Waals surface area contributed by atoms with Crippen molar-refractivity contribution in [1.82, 2.24) is 14.6 Å². The Morgan fingerprint density at radius 2 is 2.05 bits per heavy atom. The first-order valence-electron chi connectivity index (χ1n) is 6.10. The molecule has 0 bridgehead atoms. The number of nitrogens with zero attached hydrogens (tertiary/aromatic N) is 2. The average Bonchev–Trinajstić information content (AvgIpc) is 2.95. The topological polar surface area (TPSA) is 96.7 Å². The third-order valence-electron chi connectivity index (χ3n) is 3.05. The number of methoxy groups -OCH3 is 1. The van der Waals surface area contributed by atoms with Crippen molar-refractivity contribution in [2.75, 3.05) is 7.11 Å². The largest absolute Gasteiger partial charge is 0.501 e. The number of rotatable bonds is 2.